The largest absolute Gasteiger partial charge is 0.397 e. The van der Waals surface area contributed by atoms with Gasteiger partial charge in [-0.3, -0.25) is 5.32 Å². The summed E-state index contributed by atoms with van der Waals surface area (Å²) in [5, 5.41) is 19.0. The maximum absolute atomic E-state index is 10.9. The molecular weight excluding hydrogens is 418 g/mol. The predicted molar refractivity (Wildman–Crippen MR) is 131 cm³/mol. The third-order valence-electron chi connectivity index (χ3n) is 7.40. The molecule has 0 amide bonds. The molecule has 168 valence electrons. The van der Waals surface area contributed by atoms with Crippen LogP contribution >= 0.6 is 11.3 Å². The van der Waals surface area contributed by atoms with E-state index in [1.165, 1.54) is 41.0 Å². The molecule has 3 unspecified atom stereocenters. The second-order valence-corrected chi connectivity index (χ2v) is 10.7. The van der Waals surface area contributed by atoms with E-state index >= 15 is 0 Å². The zero-order chi connectivity index (χ0) is 21.8. The first kappa shape index (κ1) is 20.4. The summed E-state index contributed by atoms with van der Waals surface area (Å²) >= 11 is 1.48. The molecule has 1 aliphatic carbocycles. The number of aryl methyl sites for hydroxylation is 2. The van der Waals surface area contributed by atoms with Gasteiger partial charge in [-0.25, -0.2) is 4.98 Å². The summed E-state index contributed by atoms with van der Waals surface area (Å²) in [4.78, 5) is 8.79. The molecular formula is C25H31N5OS. The normalized spacial score (nSPS) is 25.8. The van der Waals surface area contributed by atoms with Crippen LogP contribution in [-0.4, -0.2) is 41.3 Å². The van der Waals surface area contributed by atoms with Crippen molar-refractivity contribution in [2.24, 2.45) is 0 Å². The van der Waals surface area contributed by atoms with Crippen molar-refractivity contribution in [3.63, 3.8) is 0 Å². The Morgan fingerprint density at radius 3 is 2.78 bits per heavy atom. The highest BCUT2D eigenvalue weighted by Crippen LogP contribution is 2.37. The van der Waals surface area contributed by atoms with Gasteiger partial charge >= 0.3 is 0 Å². The van der Waals surface area contributed by atoms with Gasteiger partial charge in [0, 0.05) is 48.0 Å². The van der Waals surface area contributed by atoms with Crippen LogP contribution in [0.5, 0.6) is 0 Å². The van der Waals surface area contributed by atoms with Crippen molar-refractivity contribution in [1.82, 2.24) is 15.6 Å². The average Bonchev–Trinajstić information content (AvgIpc) is 3.30. The number of anilines is 2. The number of pyridine rings is 1. The molecule has 4 heterocycles. The number of nitrogens with zero attached hydrogens (tertiary/aromatic N) is 2. The monoisotopic (exact) mass is 449 g/mol. The predicted octanol–water partition coefficient (Wildman–Crippen LogP) is 3.27. The van der Waals surface area contributed by atoms with E-state index in [0.717, 1.165) is 53.1 Å². The lowest BCUT2D eigenvalue weighted by atomic mass is 9.87. The molecule has 7 heteroatoms. The number of nitrogens with two attached hydrogens (primary N) is 1. The van der Waals surface area contributed by atoms with Gasteiger partial charge in [0.05, 0.1) is 10.6 Å². The summed E-state index contributed by atoms with van der Waals surface area (Å²) in [7, 11) is 0. The van der Waals surface area contributed by atoms with Gasteiger partial charge < -0.3 is 21.1 Å². The van der Waals surface area contributed by atoms with Gasteiger partial charge in [0.1, 0.15) is 11.1 Å². The molecule has 5 N–H and O–H groups in total. The molecule has 0 spiro atoms. The summed E-state index contributed by atoms with van der Waals surface area (Å²) < 4.78 is 0. The van der Waals surface area contributed by atoms with Crippen LogP contribution in [0.3, 0.4) is 0 Å². The van der Waals surface area contributed by atoms with Crippen molar-refractivity contribution in [3.05, 3.63) is 52.0 Å². The molecule has 2 fully saturated rings. The number of thiophene rings is 1. The number of hydrogen-bond acceptors (Lipinski definition) is 7. The van der Waals surface area contributed by atoms with Crippen LogP contribution in [0.25, 0.3) is 10.2 Å². The smallest absolute Gasteiger partial charge is 0.142 e. The van der Waals surface area contributed by atoms with Crippen LogP contribution in [0.2, 0.25) is 0 Å². The number of rotatable bonds is 4. The van der Waals surface area contributed by atoms with Crippen LogP contribution in [0.4, 0.5) is 11.4 Å². The highest BCUT2D eigenvalue weighted by molar-refractivity contribution is 7.19. The molecule has 2 saturated heterocycles. The van der Waals surface area contributed by atoms with Crippen molar-refractivity contribution in [2.75, 3.05) is 23.7 Å². The van der Waals surface area contributed by atoms with E-state index in [9.17, 15) is 5.11 Å². The van der Waals surface area contributed by atoms with Crippen molar-refractivity contribution in [2.45, 2.75) is 63.4 Å². The number of hydrogen-bond donors (Lipinski definition) is 4. The lowest BCUT2D eigenvalue weighted by Crippen LogP contribution is -2.51. The lowest BCUT2D eigenvalue weighted by molar-refractivity contribution is 0.124. The van der Waals surface area contributed by atoms with E-state index < -0.39 is 6.23 Å². The quantitative estimate of drug-likeness (QED) is 0.458. The van der Waals surface area contributed by atoms with Crippen molar-refractivity contribution >= 4 is 32.9 Å². The van der Waals surface area contributed by atoms with Gasteiger partial charge in [0.15, 0.2) is 0 Å². The summed E-state index contributed by atoms with van der Waals surface area (Å²) in [6, 6.07) is 12.5. The number of nitrogen functional groups attached to an aromatic ring is 1. The van der Waals surface area contributed by atoms with Gasteiger partial charge in [-0.2, -0.15) is 0 Å². The minimum Gasteiger partial charge on any atom is -0.397 e. The fraction of sp³-hybridized carbons (Fsp3) is 0.480. The molecule has 3 aromatic rings. The summed E-state index contributed by atoms with van der Waals surface area (Å²) in [5.41, 5.74) is 12.2. The van der Waals surface area contributed by atoms with Crippen LogP contribution < -0.4 is 21.3 Å². The van der Waals surface area contributed by atoms with E-state index in [2.05, 4.69) is 38.7 Å². The molecule has 32 heavy (non-hydrogen) atoms. The highest BCUT2D eigenvalue weighted by atomic mass is 32.1. The first-order valence-electron chi connectivity index (χ1n) is 11.8. The number of aliphatic hydroxyl groups excluding tert-OH is 1. The number of aliphatic hydroxyl groups is 1. The Balaban J connectivity index is 1.15. The molecule has 6 rings (SSSR count). The zero-order valence-corrected chi connectivity index (χ0v) is 19.3. The standard InChI is InChI=1S/C25H31N5OS/c1-14-2-9-21-22(26)23(32-25(21)27-14)24(31)29-17-5-3-16-11-20(8-4-15(16)10-17)30-12-18-6-7-19(13-30)28-18/h2,4,8-9,11,17-19,24,28-29,31H,3,5-7,10,12-13,26H2,1H3/t17-,18?,19?,24?/m0/s1. The topological polar surface area (TPSA) is 86.4 Å². The van der Waals surface area contributed by atoms with Gasteiger partial charge in [-0.1, -0.05) is 6.07 Å². The summed E-state index contributed by atoms with van der Waals surface area (Å²) in [5.74, 6) is 0. The van der Waals surface area contributed by atoms with Crippen LogP contribution in [0, 0.1) is 6.92 Å². The first-order chi connectivity index (χ1) is 15.5. The fourth-order valence-electron chi connectivity index (χ4n) is 5.70. The second-order valence-electron chi connectivity index (χ2n) is 9.69. The maximum Gasteiger partial charge on any atom is 0.142 e. The molecule has 6 nitrogen and oxygen atoms in total. The molecule has 4 atom stereocenters. The van der Waals surface area contributed by atoms with Crippen molar-refractivity contribution in [3.8, 4) is 0 Å². The summed E-state index contributed by atoms with van der Waals surface area (Å²) in [6.45, 7) is 4.22. The Kier molecular flexibility index (Phi) is 5.10. The number of piperazine rings is 1. The molecule has 0 radical (unpaired) electrons. The Labute approximate surface area is 192 Å². The fourth-order valence-corrected chi connectivity index (χ4v) is 6.78. The number of aromatic nitrogens is 1. The number of nitrogens with one attached hydrogen (secondary N) is 2. The number of fused-ring (bicyclic) bond motifs is 4. The average molecular weight is 450 g/mol. The second kappa shape index (κ2) is 7.99. The van der Waals surface area contributed by atoms with Crippen molar-refractivity contribution in [1.29, 1.82) is 0 Å². The minimum absolute atomic E-state index is 0.234. The van der Waals surface area contributed by atoms with E-state index in [1.54, 1.807) is 0 Å². The zero-order valence-electron chi connectivity index (χ0n) is 18.5. The third kappa shape index (κ3) is 3.67. The Morgan fingerprint density at radius 1 is 1.16 bits per heavy atom. The molecule has 1 aromatic carbocycles. The van der Waals surface area contributed by atoms with E-state index in [0.29, 0.717) is 17.8 Å². The minimum atomic E-state index is -0.767. The maximum atomic E-state index is 10.9. The molecule has 2 bridgehead atoms. The van der Waals surface area contributed by atoms with Crippen LogP contribution in [0.15, 0.2) is 30.3 Å². The molecule has 2 aliphatic heterocycles. The Hall–Kier alpha value is -2.19. The highest BCUT2D eigenvalue weighted by Gasteiger charge is 2.32. The third-order valence-corrected chi connectivity index (χ3v) is 8.57. The van der Waals surface area contributed by atoms with E-state index in [1.807, 2.05) is 19.1 Å². The lowest BCUT2D eigenvalue weighted by Gasteiger charge is -2.35. The molecule has 0 saturated carbocycles. The SMILES string of the molecule is Cc1ccc2c(N)c(C(O)N[C@H]3CCc4cc(N5CC6CCC(C5)N6)ccc4C3)sc2n1. The van der Waals surface area contributed by atoms with Crippen LogP contribution in [-0.2, 0) is 12.8 Å². The summed E-state index contributed by atoms with van der Waals surface area (Å²) in [6.07, 6.45) is 4.83. The van der Waals surface area contributed by atoms with E-state index in [-0.39, 0.29) is 6.04 Å². The van der Waals surface area contributed by atoms with E-state index in [4.69, 9.17) is 5.73 Å². The van der Waals surface area contributed by atoms with Gasteiger partial charge in [-0.05, 0) is 74.4 Å². The van der Waals surface area contributed by atoms with Crippen LogP contribution in [0.1, 0.15) is 47.2 Å². The Bertz CT molecular complexity index is 1150. The Morgan fingerprint density at radius 2 is 1.97 bits per heavy atom. The van der Waals surface area contributed by atoms with Crippen molar-refractivity contribution < 1.29 is 5.11 Å². The van der Waals surface area contributed by atoms with Gasteiger partial charge in [0.2, 0.25) is 0 Å². The van der Waals surface area contributed by atoms with Gasteiger partial charge in [0.25, 0.3) is 0 Å². The molecule has 2 aromatic heterocycles. The first-order valence-corrected chi connectivity index (χ1v) is 12.6. The van der Waals surface area contributed by atoms with Gasteiger partial charge in [-0.15, -0.1) is 11.3 Å². The number of benzene rings is 1. The molecule has 3 aliphatic rings.